The van der Waals surface area contributed by atoms with Gasteiger partial charge in [-0.05, 0) is 61.4 Å². The Balaban J connectivity index is 1.96. The number of rotatable bonds is 12. The Morgan fingerprint density at radius 2 is 1.48 bits per heavy atom. The van der Waals surface area contributed by atoms with Gasteiger partial charge in [-0.1, -0.05) is 77.1 Å². The van der Waals surface area contributed by atoms with E-state index in [0.29, 0.717) is 18.7 Å². The van der Waals surface area contributed by atoms with Gasteiger partial charge in [-0.2, -0.15) is 0 Å². The number of phenolic OH excluding ortho intramolecular Hbond substituents is 1. The zero-order valence-electron chi connectivity index (χ0n) is 22.2. The van der Waals surface area contributed by atoms with Crippen molar-refractivity contribution in [3.8, 4) is 5.75 Å². The second-order valence-corrected chi connectivity index (χ2v) is 11.2. The standard InChI is InChI=1S/C29H46N2O2/c1-9-28(3,4)25-14-10-12-23(18-25)20-30(7)16-17-31(8)21-24-13-11-15-26(27(24)33)29(5,6)19-22(2)32/h10-15,18,22,32-33H,9,16-17,19-21H2,1-8H3. The Labute approximate surface area is 202 Å². The molecule has 0 saturated heterocycles. The third-order valence-corrected chi connectivity index (χ3v) is 7.00. The van der Waals surface area contributed by atoms with Crippen LogP contribution in [0.4, 0.5) is 0 Å². The van der Waals surface area contributed by atoms with Crippen molar-refractivity contribution in [3.63, 3.8) is 0 Å². The molecule has 2 aromatic rings. The molecule has 0 radical (unpaired) electrons. The Kier molecular flexibility index (Phi) is 9.54. The van der Waals surface area contributed by atoms with E-state index in [1.54, 1.807) is 6.92 Å². The normalized spacial score (nSPS) is 13.7. The highest BCUT2D eigenvalue weighted by Gasteiger charge is 2.27. The zero-order valence-corrected chi connectivity index (χ0v) is 22.2. The van der Waals surface area contributed by atoms with E-state index in [1.807, 2.05) is 18.2 Å². The smallest absolute Gasteiger partial charge is 0.123 e. The second-order valence-electron chi connectivity index (χ2n) is 11.2. The zero-order chi connectivity index (χ0) is 24.8. The van der Waals surface area contributed by atoms with Crippen LogP contribution in [-0.2, 0) is 23.9 Å². The first-order valence-electron chi connectivity index (χ1n) is 12.3. The Morgan fingerprint density at radius 1 is 0.879 bits per heavy atom. The minimum absolute atomic E-state index is 0.203. The molecular formula is C29H46N2O2. The van der Waals surface area contributed by atoms with Gasteiger partial charge in [0.25, 0.3) is 0 Å². The summed E-state index contributed by atoms with van der Waals surface area (Å²) < 4.78 is 0. The fourth-order valence-electron chi connectivity index (χ4n) is 4.51. The fraction of sp³-hybridized carbons (Fsp3) is 0.586. The van der Waals surface area contributed by atoms with Crippen molar-refractivity contribution >= 4 is 0 Å². The van der Waals surface area contributed by atoms with Crippen LogP contribution in [0, 0.1) is 0 Å². The summed E-state index contributed by atoms with van der Waals surface area (Å²) in [6.07, 6.45) is 1.33. The Bertz CT molecular complexity index is 889. The van der Waals surface area contributed by atoms with Crippen molar-refractivity contribution in [2.45, 2.75) is 84.4 Å². The summed E-state index contributed by atoms with van der Waals surface area (Å²) in [6, 6.07) is 15.0. The van der Waals surface area contributed by atoms with Crippen LogP contribution in [0.3, 0.4) is 0 Å². The summed E-state index contributed by atoms with van der Waals surface area (Å²) in [5.74, 6) is 0.360. The molecule has 0 bridgehead atoms. The minimum Gasteiger partial charge on any atom is -0.507 e. The SMILES string of the molecule is CCC(C)(C)c1cccc(CN(C)CCN(C)Cc2cccc(C(C)(C)CC(C)O)c2O)c1. The van der Waals surface area contributed by atoms with Crippen molar-refractivity contribution < 1.29 is 10.2 Å². The topological polar surface area (TPSA) is 46.9 Å². The highest BCUT2D eigenvalue weighted by molar-refractivity contribution is 5.44. The van der Waals surface area contributed by atoms with Crippen LogP contribution >= 0.6 is 0 Å². The molecule has 33 heavy (non-hydrogen) atoms. The van der Waals surface area contributed by atoms with E-state index in [1.165, 1.54) is 11.1 Å². The summed E-state index contributed by atoms with van der Waals surface area (Å²) in [7, 11) is 4.27. The lowest BCUT2D eigenvalue weighted by Crippen LogP contribution is -2.30. The number of nitrogens with zero attached hydrogens (tertiary/aromatic N) is 2. The molecule has 0 fully saturated rings. The molecule has 0 amide bonds. The van der Waals surface area contributed by atoms with E-state index in [-0.39, 0.29) is 10.8 Å². The molecule has 0 saturated carbocycles. The number of hydrogen-bond acceptors (Lipinski definition) is 4. The predicted octanol–water partition coefficient (Wildman–Crippen LogP) is 5.69. The summed E-state index contributed by atoms with van der Waals surface area (Å²) in [6.45, 7) is 16.3. The van der Waals surface area contributed by atoms with E-state index in [4.69, 9.17) is 0 Å². The van der Waals surface area contributed by atoms with E-state index in [9.17, 15) is 10.2 Å². The predicted molar refractivity (Wildman–Crippen MR) is 140 cm³/mol. The van der Waals surface area contributed by atoms with E-state index in [0.717, 1.165) is 37.2 Å². The first-order chi connectivity index (χ1) is 15.4. The summed E-state index contributed by atoms with van der Waals surface area (Å²) in [5.41, 5.74) is 4.52. The van der Waals surface area contributed by atoms with Gasteiger partial charge in [0.2, 0.25) is 0 Å². The van der Waals surface area contributed by atoms with Gasteiger partial charge in [0.15, 0.2) is 0 Å². The van der Waals surface area contributed by atoms with Gasteiger partial charge in [-0.3, -0.25) is 0 Å². The van der Waals surface area contributed by atoms with Crippen molar-refractivity contribution in [1.29, 1.82) is 0 Å². The van der Waals surface area contributed by atoms with Gasteiger partial charge in [0.1, 0.15) is 5.75 Å². The monoisotopic (exact) mass is 454 g/mol. The second kappa shape index (κ2) is 11.5. The number of hydrogen-bond donors (Lipinski definition) is 2. The molecule has 0 aromatic heterocycles. The molecule has 4 heteroatoms. The Morgan fingerprint density at radius 3 is 2.09 bits per heavy atom. The van der Waals surface area contributed by atoms with Gasteiger partial charge < -0.3 is 20.0 Å². The lowest BCUT2D eigenvalue weighted by Gasteiger charge is -2.29. The van der Waals surface area contributed by atoms with Crippen molar-refractivity contribution in [1.82, 2.24) is 9.80 Å². The maximum atomic E-state index is 11.0. The van der Waals surface area contributed by atoms with Gasteiger partial charge in [0.05, 0.1) is 6.10 Å². The van der Waals surface area contributed by atoms with Crippen LogP contribution in [0.2, 0.25) is 0 Å². The number of para-hydroxylation sites is 1. The first-order valence-corrected chi connectivity index (χ1v) is 12.3. The summed E-state index contributed by atoms with van der Waals surface area (Å²) in [5, 5.41) is 20.8. The van der Waals surface area contributed by atoms with Crippen molar-refractivity contribution in [2.75, 3.05) is 27.2 Å². The van der Waals surface area contributed by atoms with Gasteiger partial charge in [-0.25, -0.2) is 0 Å². The largest absolute Gasteiger partial charge is 0.507 e. The molecular weight excluding hydrogens is 408 g/mol. The highest BCUT2D eigenvalue weighted by atomic mass is 16.3. The van der Waals surface area contributed by atoms with E-state index in [2.05, 4.69) is 82.8 Å². The summed E-state index contributed by atoms with van der Waals surface area (Å²) >= 11 is 0. The maximum absolute atomic E-state index is 11.0. The van der Waals surface area contributed by atoms with Crippen LogP contribution in [0.1, 0.15) is 76.6 Å². The molecule has 0 aliphatic rings. The number of aromatic hydroxyl groups is 1. The van der Waals surface area contributed by atoms with Crippen molar-refractivity contribution in [3.05, 3.63) is 64.7 Å². The number of likely N-dealkylation sites (N-methyl/N-ethyl adjacent to an activating group) is 2. The van der Waals surface area contributed by atoms with Crippen LogP contribution in [0.25, 0.3) is 0 Å². The van der Waals surface area contributed by atoms with Crippen LogP contribution in [0.15, 0.2) is 42.5 Å². The number of benzene rings is 2. The van der Waals surface area contributed by atoms with Gasteiger partial charge in [0, 0.05) is 31.7 Å². The van der Waals surface area contributed by atoms with Crippen LogP contribution in [-0.4, -0.2) is 53.3 Å². The van der Waals surface area contributed by atoms with Gasteiger partial charge >= 0.3 is 0 Å². The molecule has 0 aliphatic heterocycles. The number of phenols is 1. The van der Waals surface area contributed by atoms with Crippen LogP contribution < -0.4 is 0 Å². The van der Waals surface area contributed by atoms with E-state index >= 15 is 0 Å². The first kappa shape index (κ1) is 27.4. The molecule has 0 heterocycles. The van der Waals surface area contributed by atoms with Crippen LogP contribution in [0.5, 0.6) is 5.75 Å². The molecule has 2 rings (SSSR count). The molecule has 2 aromatic carbocycles. The Hall–Kier alpha value is -1.88. The van der Waals surface area contributed by atoms with E-state index < -0.39 is 6.10 Å². The molecule has 1 unspecified atom stereocenters. The molecule has 1 atom stereocenters. The molecule has 184 valence electrons. The minimum atomic E-state index is -0.407. The molecule has 0 spiro atoms. The lowest BCUT2D eigenvalue weighted by atomic mass is 9.78. The number of aliphatic hydroxyl groups excluding tert-OH is 1. The third-order valence-electron chi connectivity index (χ3n) is 7.00. The highest BCUT2D eigenvalue weighted by Crippen LogP contribution is 2.37. The maximum Gasteiger partial charge on any atom is 0.123 e. The third kappa shape index (κ3) is 7.84. The summed E-state index contributed by atoms with van der Waals surface area (Å²) in [4.78, 5) is 4.62. The average Bonchev–Trinajstić information content (AvgIpc) is 2.73. The molecule has 4 nitrogen and oxygen atoms in total. The number of aliphatic hydroxyl groups is 1. The van der Waals surface area contributed by atoms with Gasteiger partial charge in [-0.15, -0.1) is 0 Å². The molecule has 0 aliphatic carbocycles. The average molecular weight is 455 g/mol. The quantitative estimate of drug-likeness (QED) is 0.432. The molecule has 2 N–H and O–H groups in total. The fourth-order valence-corrected chi connectivity index (χ4v) is 4.51. The van der Waals surface area contributed by atoms with Crippen molar-refractivity contribution in [2.24, 2.45) is 0 Å². The lowest BCUT2D eigenvalue weighted by molar-refractivity contribution is 0.156.